The summed E-state index contributed by atoms with van der Waals surface area (Å²) < 4.78 is 6.72. The van der Waals surface area contributed by atoms with Crippen LogP contribution in [0.1, 0.15) is 23.9 Å². The Morgan fingerprint density at radius 1 is 1.10 bits per heavy atom. The average Bonchev–Trinajstić information content (AvgIpc) is 3.32. The van der Waals surface area contributed by atoms with E-state index >= 15 is 0 Å². The highest BCUT2D eigenvalue weighted by atomic mass is 16.5. The molecule has 0 aliphatic heterocycles. The number of hydrogen-bond acceptors (Lipinski definition) is 7. The summed E-state index contributed by atoms with van der Waals surface area (Å²) in [4.78, 5) is 53.4. The van der Waals surface area contributed by atoms with Crippen LogP contribution >= 0.6 is 0 Å². The molecule has 3 aromatic rings. The van der Waals surface area contributed by atoms with Crippen LogP contribution < -0.4 is 20.7 Å². The van der Waals surface area contributed by atoms with E-state index in [1.807, 2.05) is 25.1 Å². The monoisotopic (exact) mass is 537 g/mol. The molecule has 0 fully saturated rings. The van der Waals surface area contributed by atoms with Crippen molar-refractivity contribution in [3.05, 3.63) is 65.7 Å². The minimum absolute atomic E-state index is 0.0624. The van der Waals surface area contributed by atoms with Crippen LogP contribution in [0.4, 0.5) is 16.2 Å². The van der Waals surface area contributed by atoms with Crippen LogP contribution in [-0.2, 0) is 33.9 Å². The number of aryl methyl sites for hydroxylation is 1. The lowest BCUT2D eigenvalue weighted by Crippen LogP contribution is -2.42. The van der Waals surface area contributed by atoms with E-state index in [9.17, 15) is 24.3 Å². The van der Waals surface area contributed by atoms with Gasteiger partial charge in [0.1, 0.15) is 18.1 Å². The maximum Gasteiger partial charge on any atom is 0.328 e. The number of anilines is 2. The summed E-state index contributed by atoms with van der Waals surface area (Å²) in [7, 11) is 3.07. The second-order valence-electron chi connectivity index (χ2n) is 8.83. The van der Waals surface area contributed by atoms with Gasteiger partial charge in [-0.15, -0.1) is 0 Å². The van der Waals surface area contributed by atoms with Crippen molar-refractivity contribution < 1.29 is 29.0 Å². The van der Waals surface area contributed by atoms with Crippen LogP contribution in [0, 0.1) is 6.92 Å². The predicted molar refractivity (Wildman–Crippen MR) is 142 cm³/mol. The van der Waals surface area contributed by atoms with Gasteiger partial charge in [-0.2, -0.15) is 5.10 Å². The molecule has 0 saturated carbocycles. The third-order valence-corrected chi connectivity index (χ3v) is 5.70. The van der Waals surface area contributed by atoms with Crippen LogP contribution in [0.2, 0.25) is 0 Å². The standard InChI is InChI=1S/C26H31N7O6/c1-16-7-5-6-8-19(16)29-26(38)30-20-10-9-18(11-22(20)39-4)12-24(35)32(3)14-23-27-15-33(31-23)13-21(25(36)37)28-17(2)34/h5-11,15,21H,12-14H2,1-4H3,(H,28,34)(H,36,37)(H2,29,30,38). The third-order valence-electron chi connectivity index (χ3n) is 5.70. The number of benzene rings is 2. The first-order valence-corrected chi connectivity index (χ1v) is 12.0. The van der Waals surface area contributed by atoms with Gasteiger partial charge >= 0.3 is 12.0 Å². The Bertz CT molecular complexity index is 1360. The van der Waals surface area contributed by atoms with Crippen LogP contribution in [0.5, 0.6) is 5.75 Å². The number of aliphatic carboxylic acids is 1. The summed E-state index contributed by atoms with van der Waals surface area (Å²) in [6.45, 7) is 3.11. The zero-order valence-electron chi connectivity index (χ0n) is 22.1. The smallest absolute Gasteiger partial charge is 0.328 e. The molecule has 1 aromatic heterocycles. The van der Waals surface area contributed by atoms with E-state index in [-0.39, 0.29) is 25.4 Å². The van der Waals surface area contributed by atoms with E-state index in [2.05, 4.69) is 26.0 Å². The van der Waals surface area contributed by atoms with E-state index < -0.39 is 23.9 Å². The number of likely N-dealkylation sites (N-methyl/N-ethyl adjacent to an activating group) is 1. The fraction of sp³-hybridized carbons (Fsp3) is 0.308. The molecule has 4 amide bonds. The SMILES string of the molecule is COc1cc(CC(=O)N(C)Cc2ncn(CC(NC(C)=O)C(=O)O)n2)ccc1NC(=O)Nc1ccccc1C. The molecule has 13 heteroatoms. The number of methoxy groups -OCH3 is 1. The highest BCUT2D eigenvalue weighted by molar-refractivity contribution is 6.01. The summed E-state index contributed by atoms with van der Waals surface area (Å²) in [6, 6.07) is 10.9. The predicted octanol–water partition coefficient (Wildman–Crippen LogP) is 2.03. The summed E-state index contributed by atoms with van der Waals surface area (Å²) in [5.74, 6) is -1.17. The van der Waals surface area contributed by atoms with Gasteiger partial charge < -0.3 is 30.7 Å². The first-order valence-electron chi connectivity index (χ1n) is 12.0. The van der Waals surface area contributed by atoms with Gasteiger partial charge in [0, 0.05) is 19.7 Å². The zero-order chi connectivity index (χ0) is 28.5. The second-order valence-corrected chi connectivity index (χ2v) is 8.83. The molecule has 1 atom stereocenters. The fourth-order valence-electron chi connectivity index (χ4n) is 3.66. The van der Waals surface area contributed by atoms with E-state index in [0.717, 1.165) is 5.56 Å². The number of para-hydroxylation sites is 1. The molecule has 206 valence electrons. The number of carbonyl (C=O) groups excluding carboxylic acids is 3. The maximum atomic E-state index is 12.8. The minimum atomic E-state index is -1.20. The molecule has 0 saturated heterocycles. The van der Waals surface area contributed by atoms with Gasteiger partial charge in [-0.05, 0) is 36.2 Å². The molecular formula is C26H31N7O6. The number of ether oxygens (including phenoxy) is 1. The van der Waals surface area contributed by atoms with E-state index in [0.29, 0.717) is 28.5 Å². The zero-order valence-corrected chi connectivity index (χ0v) is 22.1. The number of urea groups is 1. The van der Waals surface area contributed by atoms with E-state index in [1.165, 1.54) is 29.9 Å². The van der Waals surface area contributed by atoms with Crippen molar-refractivity contribution in [1.29, 1.82) is 0 Å². The number of aromatic nitrogens is 3. The number of carboxylic acids is 1. The Morgan fingerprint density at radius 3 is 2.49 bits per heavy atom. The number of rotatable bonds is 11. The summed E-state index contributed by atoms with van der Waals surface area (Å²) in [5, 5.41) is 21.3. The molecule has 4 N–H and O–H groups in total. The molecule has 0 aliphatic rings. The molecule has 0 spiro atoms. The van der Waals surface area contributed by atoms with Crippen LogP contribution in [0.25, 0.3) is 0 Å². The molecule has 1 unspecified atom stereocenters. The largest absolute Gasteiger partial charge is 0.495 e. The Labute approximate surface area is 225 Å². The van der Waals surface area contributed by atoms with Gasteiger partial charge in [-0.3, -0.25) is 9.59 Å². The van der Waals surface area contributed by atoms with Gasteiger partial charge in [0.2, 0.25) is 11.8 Å². The molecule has 13 nitrogen and oxygen atoms in total. The van der Waals surface area contributed by atoms with Crippen molar-refractivity contribution in [2.24, 2.45) is 0 Å². The van der Waals surface area contributed by atoms with E-state index in [1.54, 1.807) is 31.3 Å². The number of carboxylic acid groups (broad SMARTS) is 1. The van der Waals surface area contributed by atoms with Gasteiger partial charge in [-0.1, -0.05) is 24.3 Å². The first kappa shape index (κ1) is 28.6. The van der Waals surface area contributed by atoms with Crippen molar-refractivity contribution in [3.8, 4) is 5.75 Å². The summed E-state index contributed by atoms with van der Waals surface area (Å²) in [6.07, 6.45) is 1.41. The number of nitrogens with one attached hydrogen (secondary N) is 3. The second kappa shape index (κ2) is 13.0. The van der Waals surface area contributed by atoms with Crippen LogP contribution in [0.3, 0.4) is 0 Å². The van der Waals surface area contributed by atoms with Crippen molar-refractivity contribution in [2.75, 3.05) is 24.8 Å². The lowest BCUT2D eigenvalue weighted by Gasteiger charge is -2.17. The Balaban J connectivity index is 1.58. The summed E-state index contributed by atoms with van der Waals surface area (Å²) in [5.41, 5.74) is 2.73. The third kappa shape index (κ3) is 8.28. The van der Waals surface area contributed by atoms with Gasteiger partial charge in [0.25, 0.3) is 0 Å². The molecule has 3 rings (SSSR count). The van der Waals surface area contributed by atoms with Crippen LogP contribution in [0.15, 0.2) is 48.8 Å². The highest BCUT2D eigenvalue weighted by Gasteiger charge is 2.20. The molecule has 1 heterocycles. The van der Waals surface area contributed by atoms with Gasteiger partial charge in [-0.25, -0.2) is 19.3 Å². The lowest BCUT2D eigenvalue weighted by atomic mass is 10.1. The van der Waals surface area contributed by atoms with Crippen molar-refractivity contribution in [3.63, 3.8) is 0 Å². The Kier molecular flexibility index (Phi) is 9.57. The molecule has 0 aliphatic carbocycles. The molecule has 39 heavy (non-hydrogen) atoms. The Hall–Kier alpha value is -4.94. The topological polar surface area (TPSA) is 168 Å². The van der Waals surface area contributed by atoms with Crippen molar-refractivity contribution in [2.45, 2.75) is 39.4 Å². The molecule has 2 aromatic carbocycles. The van der Waals surface area contributed by atoms with E-state index in [4.69, 9.17) is 4.74 Å². The summed E-state index contributed by atoms with van der Waals surface area (Å²) >= 11 is 0. The normalized spacial score (nSPS) is 11.3. The van der Waals surface area contributed by atoms with Crippen LogP contribution in [-0.4, -0.2) is 68.8 Å². The molecule has 0 radical (unpaired) electrons. The van der Waals surface area contributed by atoms with Gasteiger partial charge in [0.05, 0.1) is 32.3 Å². The Morgan fingerprint density at radius 2 is 1.82 bits per heavy atom. The first-order chi connectivity index (χ1) is 18.5. The number of carbonyl (C=O) groups is 4. The van der Waals surface area contributed by atoms with Crippen molar-refractivity contribution in [1.82, 2.24) is 25.0 Å². The number of nitrogens with zero attached hydrogens (tertiary/aromatic N) is 4. The quantitative estimate of drug-likeness (QED) is 0.288. The number of amides is 4. The van der Waals surface area contributed by atoms with Gasteiger partial charge in [0.15, 0.2) is 5.82 Å². The highest BCUT2D eigenvalue weighted by Crippen LogP contribution is 2.26. The lowest BCUT2D eigenvalue weighted by molar-refractivity contribution is -0.142. The minimum Gasteiger partial charge on any atom is -0.495 e. The average molecular weight is 538 g/mol. The molecule has 0 bridgehead atoms. The number of hydrogen-bond donors (Lipinski definition) is 4. The molecular weight excluding hydrogens is 506 g/mol. The fourth-order valence-corrected chi connectivity index (χ4v) is 3.66. The maximum absolute atomic E-state index is 12.8. The van der Waals surface area contributed by atoms with Crippen molar-refractivity contribution >= 4 is 35.2 Å².